The summed E-state index contributed by atoms with van der Waals surface area (Å²) in [6, 6.07) is 7.58. The Labute approximate surface area is 126 Å². The summed E-state index contributed by atoms with van der Waals surface area (Å²) in [6.07, 6.45) is 5.98. The van der Waals surface area contributed by atoms with Crippen molar-refractivity contribution in [3.63, 3.8) is 0 Å². The first-order chi connectivity index (χ1) is 10.3. The van der Waals surface area contributed by atoms with Gasteiger partial charge >= 0.3 is 5.63 Å². The quantitative estimate of drug-likeness (QED) is 0.589. The zero-order valence-electron chi connectivity index (χ0n) is 12.9. The van der Waals surface area contributed by atoms with Gasteiger partial charge in [0.15, 0.2) is 0 Å². The lowest BCUT2D eigenvalue weighted by Gasteiger charge is -2.06. The monoisotopic (exact) mass is 282 g/mol. The van der Waals surface area contributed by atoms with E-state index in [9.17, 15) is 4.79 Å². The van der Waals surface area contributed by atoms with Crippen LogP contribution in [0.3, 0.4) is 0 Å². The Bertz CT molecular complexity index is 714. The summed E-state index contributed by atoms with van der Waals surface area (Å²) < 4.78 is 5.52. The first-order valence-electron chi connectivity index (χ1n) is 7.81. The molecule has 1 heterocycles. The van der Waals surface area contributed by atoms with Crippen molar-refractivity contribution in [2.75, 3.05) is 0 Å². The Morgan fingerprint density at radius 3 is 2.48 bits per heavy atom. The topological polar surface area (TPSA) is 30.2 Å². The van der Waals surface area contributed by atoms with E-state index in [1.165, 1.54) is 0 Å². The predicted octanol–water partition coefficient (Wildman–Crippen LogP) is 4.68. The predicted molar refractivity (Wildman–Crippen MR) is 87.5 cm³/mol. The van der Waals surface area contributed by atoms with Gasteiger partial charge in [-0.05, 0) is 18.9 Å². The van der Waals surface area contributed by atoms with Gasteiger partial charge in [0.1, 0.15) is 5.76 Å². The number of unbranched alkanes of at least 4 members (excludes halogenated alkanes) is 3. The van der Waals surface area contributed by atoms with Crippen LogP contribution >= 0.6 is 0 Å². The molecule has 1 aromatic heterocycles. The number of hydrogen-bond acceptors (Lipinski definition) is 2. The van der Waals surface area contributed by atoms with Crippen molar-refractivity contribution >= 4 is 10.8 Å². The molecule has 1 aromatic carbocycles. The molecule has 0 atom stereocenters. The van der Waals surface area contributed by atoms with E-state index >= 15 is 0 Å². The van der Waals surface area contributed by atoms with Gasteiger partial charge in [0.2, 0.25) is 0 Å². The third-order valence-electron chi connectivity index (χ3n) is 3.54. The molecule has 0 fully saturated rings. The van der Waals surface area contributed by atoms with Crippen LogP contribution in [0.15, 0.2) is 33.5 Å². The molecule has 2 rings (SSSR count). The maximum atomic E-state index is 12.1. The summed E-state index contributed by atoms with van der Waals surface area (Å²) in [4.78, 5) is 12.1. The first kappa shape index (κ1) is 15.4. The van der Waals surface area contributed by atoms with E-state index in [0.29, 0.717) is 5.39 Å². The minimum atomic E-state index is -0.254. The molecule has 0 radical (unpaired) electrons. The van der Waals surface area contributed by atoms with Gasteiger partial charge in [-0.25, -0.2) is 4.79 Å². The molecule has 0 aliphatic carbocycles. The standard InChI is InChI=1S/C19H22O2/c1-3-5-7-8-12-16-15-11-9-10-13-17(15)19(20)21-18(16)14-6-4-2/h9-11,13H,3-7,14H2,1-2H3. The SMILES string of the molecule is CCCCC#Cc1c(CCCC)oc(=O)c2ccccc12. The van der Waals surface area contributed by atoms with Gasteiger partial charge in [-0.2, -0.15) is 0 Å². The molecule has 0 spiro atoms. The van der Waals surface area contributed by atoms with Crippen molar-refractivity contribution in [2.24, 2.45) is 0 Å². The summed E-state index contributed by atoms with van der Waals surface area (Å²) in [5.74, 6) is 7.20. The van der Waals surface area contributed by atoms with Crippen LogP contribution < -0.4 is 5.63 Å². The minimum absolute atomic E-state index is 0.254. The summed E-state index contributed by atoms with van der Waals surface area (Å²) >= 11 is 0. The highest BCUT2D eigenvalue weighted by Crippen LogP contribution is 2.20. The third kappa shape index (κ3) is 3.76. The van der Waals surface area contributed by atoms with E-state index in [0.717, 1.165) is 55.2 Å². The van der Waals surface area contributed by atoms with Crippen LogP contribution in [0.2, 0.25) is 0 Å². The van der Waals surface area contributed by atoms with Crippen LogP contribution in [-0.2, 0) is 6.42 Å². The molecule has 0 aliphatic heterocycles. The smallest absolute Gasteiger partial charge is 0.343 e. The first-order valence-corrected chi connectivity index (χ1v) is 7.81. The van der Waals surface area contributed by atoms with Crippen molar-refractivity contribution in [2.45, 2.75) is 52.4 Å². The van der Waals surface area contributed by atoms with E-state index in [4.69, 9.17) is 4.42 Å². The van der Waals surface area contributed by atoms with E-state index in [1.54, 1.807) is 0 Å². The van der Waals surface area contributed by atoms with E-state index in [1.807, 2.05) is 24.3 Å². The van der Waals surface area contributed by atoms with Gasteiger partial charge in [0.25, 0.3) is 0 Å². The number of hydrogen-bond donors (Lipinski definition) is 0. The fourth-order valence-corrected chi connectivity index (χ4v) is 2.31. The molecule has 0 saturated heterocycles. The van der Waals surface area contributed by atoms with Gasteiger partial charge in [0, 0.05) is 18.2 Å². The lowest BCUT2D eigenvalue weighted by atomic mass is 10.0. The van der Waals surface area contributed by atoms with Crippen LogP contribution in [0.1, 0.15) is 57.3 Å². The van der Waals surface area contributed by atoms with Crippen LogP contribution in [0.5, 0.6) is 0 Å². The molecule has 21 heavy (non-hydrogen) atoms. The fourth-order valence-electron chi connectivity index (χ4n) is 2.31. The molecule has 2 nitrogen and oxygen atoms in total. The molecule has 0 bridgehead atoms. The Hall–Kier alpha value is -2.01. The number of aryl methyl sites for hydroxylation is 1. The highest BCUT2D eigenvalue weighted by atomic mass is 16.4. The van der Waals surface area contributed by atoms with Gasteiger partial charge in [-0.15, -0.1) is 0 Å². The van der Waals surface area contributed by atoms with Gasteiger partial charge in [0.05, 0.1) is 10.9 Å². The van der Waals surface area contributed by atoms with Gasteiger partial charge in [-0.3, -0.25) is 0 Å². The molecule has 110 valence electrons. The van der Waals surface area contributed by atoms with Crippen LogP contribution in [0, 0.1) is 11.8 Å². The van der Waals surface area contributed by atoms with Crippen LogP contribution in [-0.4, -0.2) is 0 Å². The molecular weight excluding hydrogens is 260 g/mol. The molecule has 2 heteroatoms. The molecular formula is C19H22O2. The second kappa shape index (κ2) is 7.69. The Balaban J connectivity index is 2.52. The van der Waals surface area contributed by atoms with E-state index in [2.05, 4.69) is 25.7 Å². The largest absolute Gasteiger partial charge is 0.426 e. The second-order valence-corrected chi connectivity index (χ2v) is 5.24. The average Bonchev–Trinajstić information content (AvgIpc) is 2.51. The number of benzene rings is 1. The summed E-state index contributed by atoms with van der Waals surface area (Å²) in [6.45, 7) is 4.29. The Kier molecular flexibility index (Phi) is 5.63. The highest BCUT2D eigenvalue weighted by molar-refractivity contribution is 5.87. The highest BCUT2D eigenvalue weighted by Gasteiger charge is 2.11. The molecule has 0 amide bonds. The molecule has 0 saturated carbocycles. The van der Waals surface area contributed by atoms with E-state index in [-0.39, 0.29) is 5.63 Å². The molecule has 0 N–H and O–H groups in total. The summed E-state index contributed by atoms with van der Waals surface area (Å²) in [5, 5.41) is 1.54. The Morgan fingerprint density at radius 2 is 1.76 bits per heavy atom. The van der Waals surface area contributed by atoms with Crippen molar-refractivity contribution in [3.8, 4) is 11.8 Å². The average molecular weight is 282 g/mol. The van der Waals surface area contributed by atoms with Crippen molar-refractivity contribution in [1.82, 2.24) is 0 Å². The summed E-state index contributed by atoms with van der Waals surface area (Å²) in [7, 11) is 0. The number of fused-ring (bicyclic) bond motifs is 1. The van der Waals surface area contributed by atoms with E-state index < -0.39 is 0 Å². The molecule has 0 aliphatic rings. The van der Waals surface area contributed by atoms with Crippen molar-refractivity contribution in [1.29, 1.82) is 0 Å². The van der Waals surface area contributed by atoms with Crippen molar-refractivity contribution < 1.29 is 4.42 Å². The molecule has 0 unspecified atom stereocenters. The molecule has 2 aromatic rings. The maximum absolute atomic E-state index is 12.1. The third-order valence-corrected chi connectivity index (χ3v) is 3.54. The fraction of sp³-hybridized carbons (Fsp3) is 0.421. The normalized spacial score (nSPS) is 10.4. The summed E-state index contributed by atoms with van der Waals surface area (Å²) in [5.41, 5.74) is 0.644. The number of rotatable bonds is 5. The maximum Gasteiger partial charge on any atom is 0.343 e. The minimum Gasteiger partial charge on any atom is -0.426 e. The van der Waals surface area contributed by atoms with Crippen LogP contribution in [0.4, 0.5) is 0 Å². The van der Waals surface area contributed by atoms with Crippen LogP contribution in [0.25, 0.3) is 10.8 Å². The lowest BCUT2D eigenvalue weighted by molar-refractivity contribution is 0.458. The Morgan fingerprint density at radius 1 is 1.05 bits per heavy atom. The van der Waals surface area contributed by atoms with Gasteiger partial charge in [-0.1, -0.05) is 56.7 Å². The second-order valence-electron chi connectivity index (χ2n) is 5.24. The zero-order chi connectivity index (χ0) is 15.1. The lowest BCUT2D eigenvalue weighted by Crippen LogP contribution is -2.05. The van der Waals surface area contributed by atoms with Crippen molar-refractivity contribution in [3.05, 3.63) is 46.0 Å². The van der Waals surface area contributed by atoms with Gasteiger partial charge < -0.3 is 4.42 Å². The zero-order valence-corrected chi connectivity index (χ0v) is 12.9.